The largest absolute Gasteiger partial charge is 0.406 e. The first-order valence-corrected chi connectivity index (χ1v) is 5.91. The van der Waals surface area contributed by atoms with Crippen LogP contribution in [-0.4, -0.2) is 30.1 Å². The Morgan fingerprint density at radius 2 is 1.89 bits per heavy atom. The lowest BCUT2D eigenvalue weighted by molar-refractivity contribution is -0.141. The van der Waals surface area contributed by atoms with E-state index in [9.17, 15) is 18.0 Å². The second-order valence-electron chi connectivity index (χ2n) is 4.78. The number of hydrogen-bond donors (Lipinski definition) is 1. The van der Waals surface area contributed by atoms with Crippen LogP contribution in [0, 0.1) is 5.92 Å². The molecule has 0 aliphatic carbocycles. The Kier molecular flexibility index (Phi) is 4.80. The Morgan fingerprint density at radius 3 is 2.37 bits per heavy atom. The van der Waals surface area contributed by atoms with Crippen LogP contribution in [0.15, 0.2) is 24.3 Å². The number of amides is 1. The van der Waals surface area contributed by atoms with E-state index in [2.05, 4.69) is 0 Å². The van der Waals surface area contributed by atoms with E-state index in [4.69, 9.17) is 5.73 Å². The fourth-order valence-electron chi connectivity index (χ4n) is 1.74. The third-order valence-electron chi connectivity index (χ3n) is 2.43. The third-order valence-corrected chi connectivity index (χ3v) is 2.43. The normalized spacial score (nSPS) is 11.7. The summed E-state index contributed by atoms with van der Waals surface area (Å²) in [4.78, 5) is 12.9. The molecule has 1 rings (SSSR count). The summed E-state index contributed by atoms with van der Waals surface area (Å²) in [6.07, 6.45) is -4.42. The van der Waals surface area contributed by atoms with Crippen LogP contribution >= 0.6 is 0 Å². The van der Waals surface area contributed by atoms with Gasteiger partial charge in [-0.15, -0.1) is 0 Å². The summed E-state index contributed by atoms with van der Waals surface area (Å²) >= 11 is 0. The predicted molar refractivity (Wildman–Crippen MR) is 67.7 cm³/mol. The molecule has 0 saturated carbocycles. The molecule has 1 aromatic rings. The fraction of sp³-hybridized carbons (Fsp3) is 0.462. The molecule has 0 spiro atoms. The molecule has 0 bridgehead atoms. The first-order valence-electron chi connectivity index (χ1n) is 5.91. The molecule has 3 nitrogen and oxygen atoms in total. The van der Waals surface area contributed by atoms with Crippen LogP contribution in [-0.2, 0) is 0 Å². The van der Waals surface area contributed by atoms with Crippen LogP contribution in [0.4, 0.5) is 18.9 Å². The topological polar surface area (TPSA) is 46.3 Å². The van der Waals surface area contributed by atoms with Gasteiger partial charge in [0.1, 0.15) is 6.54 Å². The molecule has 1 aromatic carbocycles. The van der Waals surface area contributed by atoms with Gasteiger partial charge in [-0.3, -0.25) is 4.79 Å². The number of benzene rings is 1. The first-order chi connectivity index (χ1) is 8.70. The Labute approximate surface area is 110 Å². The Hall–Kier alpha value is -1.72. The van der Waals surface area contributed by atoms with Crippen molar-refractivity contribution in [2.75, 3.05) is 18.8 Å². The van der Waals surface area contributed by atoms with Gasteiger partial charge in [0.05, 0.1) is 5.56 Å². The zero-order valence-corrected chi connectivity index (χ0v) is 10.9. The van der Waals surface area contributed by atoms with E-state index in [1.165, 1.54) is 12.1 Å². The van der Waals surface area contributed by atoms with Crippen LogP contribution in [0.3, 0.4) is 0 Å². The number of nitrogen functional groups attached to an aromatic ring is 1. The third kappa shape index (κ3) is 4.81. The van der Waals surface area contributed by atoms with E-state index >= 15 is 0 Å². The predicted octanol–water partition coefficient (Wildman–Crippen LogP) is 2.93. The van der Waals surface area contributed by atoms with Gasteiger partial charge < -0.3 is 10.6 Å². The summed E-state index contributed by atoms with van der Waals surface area (Å²) in [6.45, 7) is 2.28. The molecule has 0 unspecified atom stereocenters. The highest BCUT2D eigenvalue weighted by atomic mass is 19.4. The van der Waals surface area contributed by atoms with Crippen LogP contribution < -0.4 is 5.73 Å². The Bertz CT molecular complexity index is 444. The number of carbonyl (C=O) groups is 1. The standard InChI is InChI=1S/C13H17F3N2O/c1-9(2)7-18(8-13(14,15)16)12(19)10-5-3-4-6-11(10)17/h3-6,9H,7-8,17H2,1-2H3. The second-order valence-corrected chi connectivity index (χ2v) is 4.78. The molecule has 0 aliphatic heterocycles. The number of alkyl halides is 3. The minimum atomic E-state index is -4.42. The zero-order valence-electron chi connectivity index (χ0n) is 10.9. The molecule has 2 N–H and O–H groups in total. The minimum Gasteiger partial charge on any atom is -0.398 e. The highest BCUT2D eigenvalue weighted by Crippen LogP contribution is 2.21. The lowest BCUT2D eigenvalue weighted by Crippen LogP contribution is -2.41. The number of anilines is 1. The van der Waals surface area contributed by atoms with Crippen LogP contribution in [0.25, 0.3) is 0 Å². The zero-order chi connectivity index (χ0) is 14.6. The van der Waals surface area contributed by atoms with Gasteiger partial charge in [-0.25, -0.2) is 0 Å². The number of nitrogens with two attached hydrogens (primary N) is 1. The molecule has 0 heterocycles. The summed E-state index contributed by atoms with van der Waals surface area (Å²) in [7, 11) is 0. The molecule has 6 heteroatoms. The fourth-order valence-corrected chi connectivity index (χ4v) is 1.74. The van der Waals surface area contributed by atoms with Crippen molar-refractivity contribution in [2.24, 2.45) is 5.92 Å². The molecule has 106 valence electrons. The van der Waals surface area contributed by atoms with Gasteiger partial charge in [-0.2, -0.15) is 13.2 Å². The van der Waals surface area contributed by atoms with Gasteiger partial charge in [0.15, 0.2) is 0 Å². The van der Waals surface area contributed by atoms with Gasteiger partial charge in [0, 0.05) is 12.2 Å². The second kappa shape index (κ2) is 5.95. The van der Waals surface area contributed by atoms with E-state index in [1.54, 1.807) is 26.0 Å². The quantitative estimate of drug-likeness (QED) is 0.858. The molecular weight excluding hydrogens is 257 g/mol. The molecule has 0 radical (unpaired) electrons. The maximum Gasteiger partial charge on any atom is 0.406 e. The summed E-state index contributed by atoms with van der Waals surface area (Å²) in [5.74, 6) is -0.750. The number of nitrogens with zero attached hydrogens (tertiary/aromatic N) is 1. The number of carbonyl (C=O) groups excluding carboxylic acids is 1. The van der Waals surface area contributed by atoms with Crippen molar-refractivity contribution in [3.8, 4) is 0 Å². The van der Waals surface area contributed by atoms with Gasteiger partial charge in [0.25, 0.3) is 5.91 Å². The van der Waals surface area contributed by atoms with Crippen molar-refractivity contribution < 1.29 is 18.0 Å². The number of rotatable bonds is 4. The average molecular weight is 274 g/mol. The molecule has 1 amide bonds. The molecule has 0 atom stereocenters. The minimum absolute atomic E-state index is 0.0344. The van der Waals surface area contributed by atoms with E-state index in [-0.39, 0.29) is 23.7 Å². The first kappa shape index (κ1) is 15.3. The molecule has 0 aromatic heterocycles. The van der Waals surface area contributed by atoms with Crippen molar-refractivity contribution in [3.05, 3.63) is 29.8 Å². The lowest BCUT2D eigenvalue weighted by Gasteiger charge is -2.26. The van der Waals surface area contributed by atoms with Crippen molar-refractivity contribution >= 4 is 11.6 Å². The van der Waals surface area contributed by atoms with E-state index in [0.717, 1.165) is 4.90 Å². The van der Waals surface area contributed by atoms with Gasteiger partial charge in [0.2, 0.25) is 0 Å². The van der Waals surface area contributed by atoms with Crippen molar-refractivity contribution in [1.29, 1.82) is 0 Å². The smallest absolute Gasteiger partial charge is 0.398 e. The van der Waals surface area contributed by atoms with E-state index in [1.807, 2.05) is 0 Å². The average Bonchev–Trinajstić information content (AvgIpc) is 2.25. The van der Waals surface area contributed by atoms with Gasteiger partial charge in [-0.05, 0) is 18.1 Å². The Morgan fingerprint density at radius 1 is 1.32 bits per heavy atom. The monoisotopic (exact) mass is 274 g/mol. The van der Waals surface area contributed by atoms with Crippen LogP contribution in [0.1, 0.15) is 24.2 Å². The van der Waals surface area contributed by atoms with Crippen molar-refractivity contribution in [1.82, 2.24) is 4.90 Å². The summed E-state index contributed by atoms with van der Waals surface area (Å²) in [5.41, 5.74) is 5.91. The Balaban J connectivity index is 2.97. The van der Waals surface area contributed by atoms with E-state index in [0.29, 0.717) is 0 Å². The lowest BCUT2D eigenvalue weighted by atomic mass is 10.1. The maximum absolute atomic E-state index is 12.5. The molecular formula is C13H17F3N2O. The maximum atomic E-state index is 12.5. The van der Waals surface area contributed by atoms with Crippen molar-refractivity contribution in [2.45, 2.75) is 20.0 Å². The van der Waals surface area contributed by atoms with E-state index < -0.39 is 18.6 Å². The van der Waals surface area contributed by atoms with Crippen molar-refractivity contribution in [3.63, 3.8) is 0 Å². The van der Waals surface area contributed by atoms with Crippen LogP contribution in [0.2, 0.25) is 0 Å². The highest BCUT2D eigenvalue weighted by Gasteiger charge is 2.33. The molecule has 0 fully saturated rings. The summed E-state index contributed by atoms with van der Waals surface area (Å²) in [6, 6.07) is 6.13. The highest BCUT2D eigenvalue weighted by molar-refractivity contribution is 5.99. The van der Waals surface area contributed by atoms with Crippen LogP contribution in [0.5, 0.6) is 0 Å². The number of para-hydroxylation sites is 1. The summed E-state index contributed by atoms with van der Waals surface area (Å²) < 4.78 is 37.5. The molecule has 0 aliphatic rings. The SMILES string of the molecule is CC(C)CN(CC(F)(F)F)C(=O)c1ccccc1N. The number of hydrogen-bond acceptors (Lipinski definition) is 2. The molecule has 0 saturated heterocycles. The van der Waals surface area contributed by atoms with Gasteiger partial charge in [-0.1, -0.05) is 26.0 Å². The molecule has 19 heavy (non-hydrogen) atoms. The number of halogens is 3. The van der Waals surface area contributed by atoms with Gasteiger partial charge >= 0.3 is 6.18 Å². The summed E-state index contributed by atoms with van der Waals surface area (Å²) in [5, 5.41) is 0.